The van der Waals surface area contributed by atoms with Gasteiger partial charge in [0.2, 0.25) is 0 Å². The van der Waals surface area contributed by atoms with Gasteiger partial charge in [0.15, 0.2) is 9.84 Å². The van der Waals surface area contributed by atoms with E-state index in [4.69, 9.17) is 5.11 Å². The lowest BCUT2D eigenvalue weighted by atomic mass is 10.1. The molecule has 1 aliphatic heterocycles. The fourth-order valence-electron chi connectivity index (χ4n) is 2.51. The molecule has 1 N–H and O–H groups in total. The van der Waals surface area contributed by atoms with Crippen molar-refractivity contribution in [3.63, 3.8) is 0 Å². The second-order valence-electron chi connectivity index (χ2n) is 5.45. The minimum absolute atomic E-state index is 0.0750. The fraction of sp³-hybridized carbons (Fsp3) is 0.500. The summed E-state index contributed by atoms with van der Waals surface area (Å²) in [4.78, 5) is 2.10. The molecule has 0 amide bonds. The first-order valence-corrected chi connectivity index (χ1v) is 8.91. The fourth-order valence-corrected chi connectivity index (χ4v) is 4.31. The molecule has 0 radical (unpaired) electrons. The number of nitrogens with zero attached hydrogens (tertiary/aromatic N) is 1. The second kappa shape index (κ2) is 7.08. The van der Waals surface area contributed by atoms with Gasteiger partial charge in [-0.05, 0) is 31.2 Å². The first kappa shape index (κ1) is 16.0. The van der Waals surface area contributed by atoms with E-state index in [0.717, 1.165) is 24.1 Å². The third-order valence-electron chi connectivity index (χ3n) is 3.66. The highest BCUT2D eigenvalue weighted by Gasteiger charge is 2.30. The minimum Gasteiger partial charge on any atom is -0.395 e. The third-order valence-corrected chi connectivity index (χ3v) is 5.41. The van der Waals surface area contributed by atoms with Crippen molar-refractivity contribution in [2.45, 2.75) is 25.4 Å². The Morgan fingerprint density at radius 1 is 1.43 bits per heavy atom. The van der Waals surface area contributed by atoms with Crippen LogP contribution in [-0.4, -0.2) is 49.6 Å². The van der Waals surface area contributed by atoms with E-state index in [1.54, 1.807) is 0 Å². The van der Waals surface area contributed by atoms with Gasteiger partial charge in [-0.2, -0.15) is 0 Å². The lowest BCUT2D eigenvalue weighted by molar-refractivity contribution is 0.254. The molecule has 0 aliphatic carbocycles. The maximum atomic E-state index is 11.5. The monoisotopic (exact) mass is 307 g/mol. The van der Waals surface area contributed by atoms with Crippen molar-refractivity contribution in [1.29, 1.82) is 0 Å². The Morgan fingerprint density at radius 2 is 2.24 bits per heavy atom. The molecular weight excluding hydrogens is 286 g/mol. The second-order valence-corrected chi connectivity index (χ2v) is 7.68. The van der Waals surface area contributed by atoms with Gasteiger partial charge in [0, 0.05) is 24.6 Å². The van der Waals surface area contributed by atoms with Crippen LogP contribution >= 0.6 is 0 Å². The highest BCUT2D eigenvalue weighted by Crippen LogP contribution is 2.18. The van der Waals surface area contributed by atoms with Crippen LogP contribution in [0.2, 0.25) is 0 Å². The summed E-state index contributed by atoms with van der Waals surface area (Å²) in [5, 5.41) is 8.72. The largest absolute Gasteiger partial charge is 0.395 e. The van der Waals surface area contributed by atoms with Gasteiger partial charge in [-0.25, -0.2) is 8.42 Å². The van der Waals surface area contributed by atoms with Crippen molar-refractivity contribution >= 4 is 9.84 Å². The van der Waals surface area contributed by atoms with Crippen LogP contribution in [0.5, 0.6) is 0 Å². The number of hydrogen-bond acceptors (Lipinski definition) is 4. The Kier molecular flexibility index (Phi) is 5.40. The summed E-state index contributed by atoms with van der Waals surface area (Å²) >= 11 is 0. The molecule has 114 valence electrons. The predicted molar refractivity (Wildman–Crippen MR) is 83.5 cm³/mol. The number of aliphatic hydroxyl groups excluding tert-OH is 1. The first-order valence-electron chi connectivity index (χ1n) is 7.09. The molecule has 0 bridgehead atoms. The van der Waals surface area contributed by atoms with Gasteiger partial charge in [-0.3, -0.25) is 4.90 Å². The average molecular weight is 307 g/mol. The molecule has 1 saturated heterocycles. The zero-order valence-corrected chi connectivity index (χ0v) is 13.1. The van der Waals surface area contributed by atoms with E-state index in [9.17, 15) is 8.42 Å². The average Bonchev–Trinajstić information content (AvgIpc) is 2.80. The summed E-state index contributed by atoms with van der Waals surface area (Å²) in [6.45, 7) is 0.793. The Balaban J connectivity index is 2.00. The van der Waals surface area contributed by atoms with Gasteiger partial charge in [-0.15, -0.1) is 0 Å². The Morgan fingerprint density at radius 3 is 2.90 bits per heavy atom. The molecule has 1 aromatic rings. The topological polar surface area (TPSA) is 57.6 Å². The molecule has 21 heavy (non-hydrogen) atoms. The van der Waals surface area contributed by atoms with Crippen molar-refractivity contribution in [2.75, 3.05) is 25.2 Å². The van der Waals surface area contributed by atoms with Crippen molar-refractivity contribution in [3.8, 4) is 11.8 Å². The van der Waals surface area contributed by atoms with Crippen molar-refractivity contribution in [1.82, 2.24) is 4.90 Å². The van der Waals surface area contributed by atoms with E-state index >= 15 is 0 Å². The molecule has 2 rings (SSSR count). The lowest BCUT2D eigenvalue weighted by Gasteiger charge is -2.23. The number of hydrogen-bond donors (Lipinski definition) is 1. The molecule has 1 fully saturated rings. The van der Waals surface area contributed by atoms with Crippen LogP contribution in [-0.2, 0) is 16.4 Å². The molecule has 0 saturated carbocycles. The summed E-state index contributed by atoms with van der Waals surface area (Å²) in [6.07, 6.45) is 1.19. The third kappa shape index (κ3) is 4.85. The summed E-state index contributed by atoms with van der Waals surface area (Å²) in [7, 11) is -0.876. The zero-order valence-electron chi connectivity index (χ0n) is 12.2. The summed E-state index contributed by atoms with van der Waals surface area (Å²) in [5.74, 6) is 6.49. The van der Waals surface area contributed by atoms with Crippen LogP contribution in [0.25, 0.3) is 0 Å². The maximum Gasteiger partial charge on any atom is 0.151 e. The van der Waals surface area contributed by atoms with Gasteiger partial charge in [0.25, 0.3) is 0 Å². The number of rotatable bonds is 4. The van der Waals surface area contributed by atoms with Crippen LogP contribution < -0.4 is 0 Å². The molecule has 1 atom stereocenters. The Labute approximate surface area is 126 Å². The molecule has 1 unspecified atom stereocenters. The first-order chi connectivity index (χ1) is 10.00. The number of sulfone groups is 1. The van der Waals surface area contributed by atoms with E-state index in [-0.39, 0.29) is 18.4 Å². The normalized spacial score (nSPS) is 20.2. The van der Waals surface area contributed by atoms with Crippen molar-refractivity contribution in [2.24, 2.45) is 0 Å². The maximum absolute atomic E-state index is 11.5. The number of aliphatic hydroxyl groups is 1. The standard InChI is InChI=1S/C16H21NO3S/c1-17(16-8-10-21(19,20)13-16)12-15-7-4-6-14(11-15)5-2-3-9-18/h4,6-7,11,16,18H,3,8-10,12-13H2,1H3. The van der Waals surface area contributed by atoms with Gasteiger partial charge in [0.1, 0.15) is 0 Å². The Bertz CT molecular complexity index is 643. The summed E-state index contributed by atoms with van der Waals surface area (Å²) < 4.78 is 23.1. The van der Waals surface area contributed by atoms with Crippen molar-refractivity contribution in [3.05, 3.63) is 35.4 Å². The molecule has 1 aromatic carbocycles. The molecule has 1 aliphatic rings. The highest BCUT2D eigenvalue weighted by atomic mass is 32.2. The van der Waals surface area contributed by atoms with E-state index in [0.29, 0.717) is 12.2 Å². The molecule has 1 heterocycles. The zero-order chi connectivity index (χ0) is 15.3. The lowest BCUT2D eigenvalue weighted by Crippen LogP contribution is -2.32. The minimum atomic E-state index is -2.84. The van der Waals surface area contributed by atoms with Crippen LogP contribution in [0.1, 0.15) is 24.0 Å². The van der Waals surface area contributed by atoms with Crippen molar-refractivity contribution < 1.29 is 13.5 Å². The summed E-state index contributed by atoms with van der Waals surface area (Å²) in [6, 6.07) is 8.05. The predicted octanol–water partition coefficient (Wildman–Crippen LogP) is 1.04. The van der Waals surface area contributed by atoms with Gasteiger partial charge in [-0.1, -0.05) is 24.0 Å². The van der Waals surface area contributed by atoms with E-state index in [1.807, 2.05) is 31.3 Å². The van der Waals surface area contributed by atoms with Crippen LogP contribution in [0.15, 0.2) is 24.3 Å². The van der Waals surface area contributed by atoms with E-state index in [2.05, 4.69) is 16.7 Å². The SMILES string of the molecule is CN(Cc1cccc(C#CCCO)c1)C1CCS(=O)(=O)C1. The smallest absolute Gasteiger partial charge is 0.151 e. The quantitative estimate of drug-likeness (QED) is 0.845. The van der Waals surface area contributed by atoms with Crippen LogP contribution in [0, 0.1) is 11.8 Å². The van der Waals surface area contributed by atoms with Gasteiger partial charge in [0.05, 0.1) is 18.1 Å². The van der Waals surface area contributed by atoms with E-state index < -0.39 is 9.84 Å². The number of benzene rings is 1. The van der Waals surface area contributed by atoms with Gasteiger partial charge < -0.3 is 5.11 Å². The van der Waals surface area contributed by atoms with Crippen LogP contribution in [0.3, 0.4) is 0 Å². The Hall–Kier alpha value is -1.35. The molecular formula is C16H21NO3S. The highest BCUT2D eigenvalue weighted by molar-refractivity contribution is 7.91. The van der Waals surface area contributed by atoms with Crippen LogP contribution in [0.4, 0.5) is 0 Å². The molecule has 0 aromatic heterocycles. The summed E-state index contributed by atoms with van der Waals surface area (Å²) in [5.41, 5.74) is 2.05. The van der Waals surface area contributed by atoms with E-state index in [1.165, 1.54) is 0 Å². The van der Waals surface area contributed by atoms with Gasteiger partial charge >= 0.3 is 0 Å². The molecule has 5 heteroatoms. The molecule has 4 nitrogen and oxygen atoms in total. The molecule has 0 spiro atoms.